The lowest BCUT2D eigenvalue weighted by atomic mass is 10.1. The van der Waals surface area contributed by atoms with Crippen LogP contribution < -0.4 is 5.32 Å². The Morgan fingerprint density at radius 3 is 2.80 bits per heavy atom. The Labute approximate surface area is 89.4 Å². The summed E-state index contributed by atoms with van der Waals surface area (Å²) in [5.41, 5.74) is 0.513. The smallest absolute Gasteiger partial charge is 0.147 e. The van der Waals surface area contributed by atoms with Crippen molar-refractivity contribution in [3.8, 4) is 6.07 Å². The number of aromatic nitrogens is 2. The van der Waals surface area contributed by atoms with Gasteiger partial charge in [-0.15, -0.1) is 0 Å². The number of anilines is 1. The van der Waals surface area contributed by atoms with Gasteiger partial charge in [0.25, 0.3) is 0 Å². The fourth-order valence-corrected chi connectivity index (χ4v) is 2.05. The molecule has 0 aromatic carbocycles. The molecular weight excluding hydrogens is 188 g/mol. The molecule has 1 aliphatic rings. The first-order valence-electron chi connectivity index (χ1n) is 5.30. The third kappa shape index (κ3) is 1.91. The number of hydrogen-bond acceptors (Lipinski definition) is 4. The average Bonchev–Trinajstić information content (AvgIpc) is 2.81. The summed E-state index contributed by atoms with van der Waals surface area (Å²) in [6.07, 6.45) is 6.50. The van der Waals surface area contributed by atoms with Gasteiger partial charge in [-0.25, -0.2) is 9.97 Å². The molecule has 0 bridgehead atoms. The van der Waals surface area contributed by atoms with Crippen molar-refractivity contribution in [2.75, 3.05) is 12.4 Å². The van der Waals surface area contributed by atoms with Gasteiger partial charge in [0.1, 0.15) is 23.3 Å². The first-order chi connectivity index (χ1) is 7.35. The minimum Gasteiger partial charge on any atom is -0.372 e. The molecule has 4 nitrogen and oxygen atoms in total. The monoisotopic (exact) mass is 202 g/mol. The van der Waals surface area contributed by atoms with Gasteiger partial charge in [0, 0.05) is 13.0 Å². The average molecular weight is 202 g/mol. The van der Waals surface area contributed by atoms with Gasteiger partial charge >= 0.3 is 0 Å². The normalized spacial score (nSPS) is 16.3. The van der Waals surface area contributed by atoms with E-state index in [-0.39, 0.29) is 0 Å². The molecule has 0 aliphatic heterocycles. The minimum absolute atomic E-state index is 0.491. The summed E-state index contributed by atoms with van der Waals surface area (Å²) < 4.78 is 0. The van der Waals surface area contributed by atoms with Crippen LogP contribution in [-0.4, -0.2) is 17.0 Å². The molecule has 2 rings (SSSR count). The van der Waals surface area contributed by atoms with Crippen LogP contribution in [0, 0.1) is 11.3 Å². The first kappa shape index (κ1) is 9.91. The molecule has 1 aliphatic carbocycles. The predicted octanol–water partition coefficient (Wildman–Crippen LogP) is 2.05. The molecule has 1 aromatic rings. The van der Waals surface area contributed by atoms with Crippen molar-refractivity contribution in [2.45, 2.75) is 31.6 Å². The molecule has 4 heteroatoms. The zero-order chi connectivity index (χ0) is 10.7. The van der Waals surface area contributed by atoms with Crippen molar-refractivity contribution in [3.05, 3.63) is 17.6 Å². The lowest BCUT2D eigenvalue weighted by Crippen LogP contribution is -2.05. The quantitative estimate of drug-likeness (QED) is 0.797. The second-order valence-corrected chi connectivity index (χ2v) is 3.83. The third-order valence-electron chi connectivity index (χ3n) is 2.88. The van der Waals surface area contributed by atoms with E-state index < -0.39 is 0 Å². The topological polar surface area (TPSA) is 61.6 Å². The highest BCUT2D eigenvalue weighted by molar-refractivity contribution is 5.50. The van der Waals surface area contributed by atoms with E-state index in [4.69, 9.17) is 5.26 Å². The maximum Gasteiger partial charge on any atom is 0.147 e. The zero-order valence-electron chi connectivity index (χ0n) is 8.82. The molecular formula is C11H14N4. The molecule has 0 amide bonds. The molecule has 0 saturated heterocycles. The molecule has 0 radical (unpaired) electrons. The Morgan fingerprint density at radius 1 is 1.47 bits per heavy atom. The fraction of sp³-hybridized carbons (Fsp3) is 0.545. The maximum atomic E-state index is 8.84. The van der Waals surface area contributed by atoms with E-state index in [0.29, 0.717) is 17.3 Å². The Bertz CT molecular complexity index is 388. The van der Waals surface area contributed by atoms with Crippen LogP contribution in [0.1, 0.15) is 43.0 Å². The molecule has 1 heterocycles. The fourth-order valence-electron chi connectivity index (χ4n) is 2.05. The first-order valence-corrected chi connectivity index (χ1v) is 5.30. The second-order valence-electron chi connectivity index (χ2n) is 3.83. The number of hydrogen-bond donors (Lipinski definition) is 1. The Hall–Kier alpha value is -1.63. The summed E-state index contributed by atoms with van der Waals surface area (Å²) in [5, 5.41) is 11.8. The van der Waals surface area contributed by atoms with E-state index in [0.717, 1.165) is 5.82 Å². The van der Waals surface area contributed by atoms with E-state index in [1.165, 1.54) is 25.7 Å². The highest BCUT2D eigenvalue weighted by atomic mass is 15.0. The third-order valence-corrected chi connectivity index (χ3v) is 2.88. The van der Waals surface area contributed by atoms with Crippen molar-refractivity contribution in [3.63, 3.8) is 0 Å². The summed E-state index contributed by atoms with van der Waals surface area (Å²) in [6.45, 7) is 0. The zero-order valence-corrected chi connectivity index (χ0v) is 8.82. The van der Waals surface area contributed by atoms with E-state index >= 15 is 0 Å². The molecule has 0 atom stereocenters. The molecule has 0 spiro atoms. The molecule has 78 valence electrons. The van der Waals surface area contributed by atoms with Crippen LogP contribution in [0.25, 0.3) is 0 Å². The molecule has 15 heavy (non-hydrogen) atoms. The van der Waals surface area contributed by atoms with Gasteiger partial charge in [0.05, 0.1) is 6.20 Å². The van der Waals surface area contributed by atoms with Gasteiger partial charge in [-0.2, -0.15) is 5.26 Å². The lowest BCUT2D eigenvalue weighted by Gasteiger charge is -2.09. The van der Waals surface area contributed by atoms with Crippen molar-refractivity contribution in [1.29, 1.82) is 5.26 Å². The maximum absolute atomic E-state index is 8.84. The Morgan fingerprint density at radius 2 is 2.20 bits per heavy atom. The van der Waals surface area contributed by atoms with E-state index in [2.05, 4.69) is 21.4 Å². The lowest BCUT2D eigenvalue weighted by molar-refractivity contribution is 0.668. The summed E-state index contributed by atoms with van der Waals surface area (Å²) in [7, 11) is 1.78. The number of rotatable bonds is 2. The Balaban J connectivity index is 2.30. The summed E-state index contributed by atoms with van der Waals surface area (Å²) >= 11 is 0. The molecule has 1 saturated carbocycles. The highest BCUT2D eigenvalue weighted by Gasteiger charge is 2.20. The summed E-state index contributed by atoms with van der Waals surface area (Å²) in [5.74, 6) is 2.02. The highest BCUT2D eigenvalue weighted by Crippen LogP contribution is 2.32. The van der Waals surface area contributed by atoms with E-state index in [1.807, 2.05) is 0 Å². The van der Waals surface area contributed by atoms with Crippen molar-refractivity contribution in [2.24, 2.45) is 0 Å². The van der Waals surface area contributed by atoms with Gasteiger partial charge in [0.15, 0.2) is 0 Å². The molecule has 1 N–H and O–H groups in total. The summed E-state index contributed by atoms with van der Waals surface area (Å²) in [4.78, 5) is 8.67. The van der Waals surface area contributed by atoms with E-state index in [9.17, 15) is 0 Å². The SMILES string of the molecule is CNc1nc(C2CCCC2)ncc1C#N. The molecule has 1 aromatic heterocycles. The van der Waals surface area contributed by atoms with Gasteiger partial charge < -0.3 is 5.32 Å². The van der Waals surface area contributed by atoms with E-state index in [1.54, 1.807) is 13.2 Å². The van der Waals surface area contributed by atoms with Crippen LogP contribution in [0.4, 0.5) is 5.82 Å². The number of nitrogens with zero attached hydrogens (tertiary/aromatic N) is 3. The van der Waals surface area contributed by atoms with Crippen molar-refractivity contribution in [1.82, 2.24) is 9.97 Å². The van der Waals surface area contributed by atoms with Gasteiger partial charge in [-0.05, 0) is 12.8 Å². The summed E-state index contributed by atoms with van der Waals surface area (Å²) in [6, 6.07) is 2.08. The van der Waals surface area contributed by atoms with Crippen LogP contribution in [0.3, 0.4) is 0 Å². The second kappa shape index (κ2) is 4.26. The van der Waals surface area contributed by atoms with Gasteiger partial charge in [-0.3, -0.25) is 0 Å². The van der Waals surface area contributed by atoms with Crippen LogP contribution >= 0.6 is 0 Å². The van der Waals surface area contributed by atoms with Crippen LogP contribution in [-0.2, 0) is 0 Å². The standard InChI is InChI=1S/C11H14N4/c1-13-10-9(6-12)7-14-11(15-10)8-4-2-3-5-8/h7-8H,2-5H2,1H3,(H,13,14,15). The van der Waals surface area contributed by atoms with Gasteiger partial charge in [-0.1, -0.05) is 12.8 Å². The van der Waals surface area contributed by atoms with Crippen LogP contribution in [0.15, 0.2) is 6.20 Å². The van der Waals surface area contributed by atoms with Crippen LogP contribution in [0.2, 0.25) is 0 Å². The molecule has 1 fully saturated rings. The predicted molar refractivity (Wildman–Crippen MR) is 57.5 cm³/mol. The van der Waals surface area contributed by atoms with Gasteiger partial charge in [0.2, 0.25) is 0 Å². The van der Waals surface area contributed by atoms with Crippen molar-refractivity contribution >= 4 is 5.82 Å². The van der Waals surface area contributed by atoms with Crippen LogP contribution in [0.5, 0.6) is 0 Å². The van der Waals surface area contributed by atoms with Crippen molar-refractivity contribution < 1.29 is 0 Å². The number of nitriles is 1. The Kier molecular flexibility index (Phi) is 2.82. The number of nitrogens with one attached hydrogen (secondary N) is 1. The molecule has 0 unspecified atom stereocenters. The largest absolute Gasteiger partial charge is 0.372 e. The minimum atomic E-state index is 0.491.